The maximum Gasteiger partial charge on any atom is 0.235 e. The van der Waals surface area contributed by atoms with Crippen molar-refractivity contribution in [2.75, 3.05) is 12.8 Å². The van der Waals surface area contributed by atoms with Gasteiger partial charge in [-0.05, 0) is 35.7 Å². The van der Waals surface area contributed by atoms with E-state index in [1.54, 1.807) is 12.1 Å². The minimum Gasteiger partial charge on any atom is -0.351 e. The Kier molecular flexibility index (Phi) is 6.27. The van der Waals surface area contributed by atoms with Gasteiger partial charge in [0, 0.05) is 13.1 Å². The van der Waals surface area contributed by atoms with Gasteiger partial charge in [0.25, 0.3) is 0 Å². The fourth-order valence-electron chi connectivity index (χ4n) is 2.29. The van der Waals surface area contributed by atoms with Crippen molar-refractivity contribution in [3.63, 3.8) is 0 Å². The number of nitrogens with zero attached hydrogens (tertiary/aromatic N) is 1. The number of hydrogen-bond donors (Lipinski definition) is 1. The van der Waals surface area contributed by atoms with Crippen LogP contribution in [0.2, 0.25) is 0 Å². The van der Waals surface area contributed by atoms with Crippen LogP contribution in [0.25, 0.3) is 0 Å². The normalized spacial score (nSPS) is 11.5. The Labute approximate surface area is 147 Å². The predicted molar refractivity (Wildman–Crippen MR) is 94.7 cm³/mol. The topological polar surface area (TPSA) is 66.5 Å². The summed E-state index contributed by atoms with van der Waals surface area (Å²) in [5, 5.41) is 2.65. The zero-order valence-corrected chi connectivity index (χ0v) is 15.0. The van der Waals surface area contributed by atoms with E-state index in [2.05, 4.69) is 5.32 Å². The smallest absolute Gasteiger partial charge is 0.235 e. The van der Waals surface area contributed by atoms with Crippen LogP contribution < -0.4 is 5.32 Å². The second-order valence-electron chi connectivity index (χ2n) is 5.86. The molecular weight excluding hydrogens is 343 g/mol. The molecule has 1 amide bonds. The first-order valence-corrected chi connectivity index (χ1v) is 9.61. The molecule has 0 spiro atoms. The average Bonchev–Trinajstić information content (AvgIpc) is 2.55. The minimum absolute atomic E-state index is 0.134. The van der Waals surface area contributed by atoms with Crippen LogP contribution in [0.3, 0.4) is 0 Å². The van der Waals surface area contributed by atoms with Gasteiger partial charge in [-0.2, -0.15) is 4.31 Å². The van der Waals surface area contributed by atoms with E-state index in [0.29, 0.717) is 0 Å². The lowest BCUT2D eigenvalue weighted by Crippen LogP contribution is -2.39. The molecule has 134 valence electrons. The Morgan fingerprint density at radius 2 is 1.76 bits per heavy atom. The van der Waals surface area contributed by atoms with E-state index in [-0.39, 0.29) is 25.5 Å². The Morgan fingerprint density at radius 3 is 2.36 bits per heavy atom. The molecule has 0 heterocycles. The number of aryl methyl sites for hydroxylation is 1. The maximum atomic E-state index is 12.9. The highest BCUT2D eigenvalue weighted by molar-refractivity contribution is 7.88. The number of amides is 1. The van der Waals surface area contributed by atoms with Crippen LogP contribution >= 0.6 is 0 Å². The number of hydrogen-bond acceptors (Lipinski definition) is 3. The Hall–Kier alpha value is -2.25. The lowest BCUT2D eigenvalue weighted by molar-refractivity contribution is -0.121. The van der Waals surface area contributed by atoms with E-state index in [9.17, 15) is 17.6 Å². The van der Waals surface area contributed by atoms with Gasteiger partial charge < -0.3 is 5.32 Å². The molecule has 0 aliphatic rings. The highest BCUT2D eigenvalue weighted by Crippen LogP contribution is 2.12. The highest BCUT2D eigenvalue weighted by Gasteiger charge is 2.21. The van der Waals surface area contributed by atoms with E-state index in [0.717, 1.165) is 27.3 Å². The van der Waals surface area contributed by atoms with Crippen molar-refractivity contribution in [1.82, 2.24) is 9.62 Å². The van der Waals surface area contributed by atoms with E-state index in [4.69, 9.17) is 0 Å². The first kappa shape index (κ1) is 19.1. The number of rotatable bonds is 7. The van der Waals surface area contributed by atoms with Gasteiger partial charge in [-0.15, -0.1) is 0 Å². The van der Waals surface area contributed by atoms with Crippen LogP contribution in [0.1, 0.15) is 16.7 Å². The van der Waals surface area contributed by atoms with Crippen molar-refractivity contribution in [2.45, 2.75) is 20.0 Å². The zero-order chi connectivity index (χ0) is 18.4. The molecule has 1 N–H and O–H groups in total. The van der Waals surface area contributed by atoms with Crippen LogP contribution in [-0.4, -0.2) is 31.4 Å². The summed E-state index contributed by atoms with van der Waals surface area (Å²) < 4.78 is 38.0. The van der Waals surface area contributed by atoms with Gasteiger partial charge in [0.05, 0.1) is 12.8 Å². The molecule has 0 unspecified atom stereocenters. The van der Waals surface area contributed by atoms with Crippen LogP contribution in [0, 0.1) is 12.7 Å². The van der Waals surface area contributed by atoms with Crippen molar-refractivity contribution in [2.24, 2.45) is 0 Å². The summed E-state index contributed by atoms with van der Waals surface area (Å²) in [5.74, 6) is -0.764. The van der Waals surface area contributed by atoms with E-state index < -0.39 is 15.9 Å². The third-order valence-electron chi connectivity index (χ3n) is 3.80. The molecule has 0 radical (unpaired) electrons. The largest absolute Gasteiger partial charge is 0.351 e. The minimum atomic E-state index is -3.54. The summed E-state index contributed by atoms with van der Waals surface area (Å²) in [4.78, 5) is 12.1. The second-order valence-corrected chi connectivity index (χ2v) is 7.84. The third-order valence-corrected chi connectivity index (χ3v) is 5.00. The summed E-state index contributed by atoms with van der Waals surface area (Å²) >= 11 is 0. The van der Waals surface area contributed by atoms with E-state index >= 15 is 0 Å². The Balaban J connectivity index is 2.00. The second kappa shape index (κ2) is 8.22. The number of sulfonamides is 1. The maximum absolute atomic E-state index is 12.9. The average molecular weight is 364 g/mol. The standard InChI is InChI=1S/C18H21FN2O3S/c1-14-5-3-4-6-16(14)12-21(25(2,23)24)13-18(22)20-11-15-7-9-17(19)10-8-15/h3-10H,11-13H2,1-2H3,(H,20,22). The molecule has 0 aliphatic carbocycles. The van der Waals surface area contributed by atoms with Crippen molar-refractivity contribution in [3.8, 4) is 0 Å². The molecule has 25 heavy (non-hydrogen) atoms. The summed E-state index contributed by atoms with van der Waals surface area (Å²) in [5.41, 5.74) is 2.54. The number of nitrogens with one attached hydrogen (secondary N) is 1. The molecule has 0 aromatic heterocycles. The van der Waals surface area contributed by atoms with Gasteiger partial charge in [-0.3, -0.25) is 4.79 Å². The molecule has 0 aliphatic heterocycles. The molecule has 0 saturated carbocycles. The first-order valence-electron chi connectivity index (χ1n) is 7.76. The van der Waals surface area contributed by atoms with Crippen LogP contribution in [0.4, 0.5) is 4.39 Å². The Bertz CT molecular complexity index is 836. The number of halogens is 1. The molecule has 7 heteroatoms. The molecule has 0 fully saturated rings. The molecule has 0 atom stereocenters. The predicted octanol–water partition coefficient (Wildman–Crippen LogP) is 2.21. The summed E-state index contributed by atoms with van der Waals surface area (Å²) in [6.45, 7) is 1.97. The van der Waals surface area contributed by atoms with Gasteiger partial charge in [-0.1, -0.05) is 36.4 Å². The zero-order valence-electron chi connectivity index (χ0n) is 14.2. The molecule has 2 rings (SSSR count). The lowest BCUT2D eigenvalue weighted by atomic mass is 10.1. The molecular formula is C18H21FN2O3S. The number of benzene rings is 2. The van der Waals surface area contributed by atoms with Crippen molar-refractivity contribution in [3.05, 3.63) is 71.0 Å². The summed E-state index contributed by atoms with van der Waals surface area (Å²) in [7, 11) is -3.54. The van der Waals surface area contributed by atoms with Crippen molar-refractivity contribution >= 4 is 15.9 Å². The molecule has 0 saturated heterocycles. The van der Waals surface area contributed by atoms with E-state index in [1.165, 1.54) is 12.1 Å². The lowest BCUT2D eigenvalue weighted by Gasteiger charge is -2.20. The van der Waals surface area contributed by atoms with E-state index in [1.807, 2.05) is 31.2 Å². The SMILES string of the molecule is Cc1ccccc1CN(CC(=O)NCc1ccc(F)cc1)S(C)(=O)=O. The molecule has 0 bridgehead atoms. The molecule has 5 nitrogen and oxygen atoms in total. The van der Waals surface area contributed by atoms with Crippen LogP contribution in [0.5, 0.6) is 0 Å². The van der Waals surface area contributed by atoms with Crippen molar-refractivity contribution in [1.29, 1.82) is 0 Å². The van der Waals surface area contributed by atoms with Crippen molar-refractivity contribution < 1.29 is 17.6 Å². The van der Waals surface area contributed by atoms with Crippen LogP contribution in [0.15, 0.2) is 48.5 Å². The van der Waals surface area contributed by atoms with Gasteiger partial charge >= 0.3 is 0 Å². The Morgan fingerprint density at radius 1 is 1.12 bits per heavy atom. The third kappa shape index (κ3) is 5.95. The number of carbonyl (C=O) groups is 1. The van der Waals surface area contributed by atoms with Gasteiger partial charge in [-0.25, -0.2) is 12.8 Å². The fraction of sp³-hybridized carbons (Fsp3) is 0.278. The fourth-order valence-corrected chi connectivity index (χ4v) is 3.01. The summed E-state index contributed by atoms with van der Waals surface area (Å²) in [6.07, 6.45) is 1.08. The van der Waals surface area contributed by atoms with Gasteiger partial charge in [0.2, 0.25) is 15.9 Å². The van der Waals surface area contributed by atoms with Gasteiger partial charge in [0.1, 0.15) is 5.82 Å². The summed E-state index contributed by atoms with van der Waals surface area (Å²) in [6, 6.07) is 13.2. The van der Waals surface area contributed by atoms with Crippen LogP contribution in [-0.2, 0) is 27.9 Å². The quantitative estimate of drug-likeness (QED) is 0.819. The molecule has 2 aromatic rings. The number of carbonyl (C=O) groups excluding carboxylic acids is 1. The monoisotopic (exact) mass is 364 g/mol. The van der Waals surface area contributed by atoms with Gasteiger partial charge in [0.15, 0.2) is 0 Å². The highest BCUT2D eigenvalue weighted by atomic mass is 32.2. The molecule has 2 aromatic carbocycles. The first-order chi connectivity index (χ1) is 11.8.